The van der Waals surface area contributed by atoms with Gasteiger partial charge in [0.25, 0.3) is 0 Å². The Kier molecular flexibility index (Phi) is 3.78. The summed E-state index contributed by atoms with van der Waals surface area (Å²) < 4.78 is 1.06. The van der Waals surface area contributed by atoms with Crippen molar-refractivity contribution in [2.75, 3.05) is 5.32 Å². The molecule has 0 bridgehead atoms. The van der Waals surface area contributed by atoms with Gasteiger partial charge in [-0.15, -0.1) is 0 Å². The molecule has 1 aromatic rings. The highest BCUT2D eigenvalue weighted by molar-refractivity contribution is 9.10. The predicted molar refractivity (Wildman–Crippen MR) is 69.3 cm³/mol. The van der Waals surface area contributed by atoms with Crippen molar-refractivity contribution in [3.63, 3.8) is 0 Å². The molecule has 16 heavy (non-hydrogen) atoms. The smallest absolute Gasteiger partial charge is 0.160 e. The van der Waals surface area contributed by atoms with Crippen LogP contribution in [0.2, 0.25) is 0 Å². The lowest BCUT2D eigenvalue weighted by Gasteiger charge is -2.12. The number of nitrogens with one attached hydrogen (secondary N) is 1. The number of hydrogen-bond acceptors (Lipinski definition) is 2. The number of halogens is 1. The van der Waals surface area contributed by atoms with Crippen molar-refractivity contribution in [3.05, 3.63) is 40.5 Å². The molecule has 0 aliphatic heterocycles. The van der Waals surface area contributed by atoms with Gasteiger partial charge in [-0.25, -0.2) is 0 Å². The van der Waals surface area contributed by atoms with Crippen LogP contribution in [0.25, 0.3) is 0 Å². The first kappa shape index (κ1) is 11.4. The molecule has 0 unspecified atom stereocenters. The number of carbonyl (C=O) groups excluding carboxylic acids is 1. The first-order valence-corrected chi connectivity index (χ1v) is 6.29. The van der Waals surface area contributed by atoms with E-state index in [1.807, 2.05) is 30.5 Å². The van der Waals surface area contributed by atoms with Crippen molar-refractivity contribution >= 4 is 27.4 Å². The molecule has 0 radical (unpaired) electrons. The minimum Gasteiger partial charge on any atom is -0.361 e. The quantitative estimate of drug-likeness (QED) is 0.833. The van der Waals surface area contributed by atoms with E-state index in [1.165, 1.54) is 0 Å². The van der Waals surface area contributed by atoms with Crippen molar-refractivity contribution < 1.29 is 4.79 Å². The number of carbonyl (C=O) groups is 1. The van der Waals surface area contributed by atoms with Gasteiger partial charge in [0.05, 0.1) is 0 Å². The zero-order valence-electron chi connectivity index (χ0n) is 9.00. The number of ketones is 1. The third-order valence-electron chi connectivity index (χ3n) is 2.72. The highest BCUT2D eigenvalue weighted by Crippen LogP contribution is 2.20. The summed E-state index contributed by atoms with van der Waals surface area (Å²) in [6, 6.07) is 7.91. The topological polar surface area (TPSA) is 29.1 Å². The summed E-state index contributed by atoms with van der Waals surface area (Å²) in [6.07, 6.45) is 5.62. The molecular weight excluding hydrogens is 266 g/mol. The molecule has 1 fully saturated rings. The van der Waals surface area contributed by atoms with Gasteiger partial charge in [-0.2, -0.15) is 0 Å². The largest absolute Gasteiger partial charge is 0.361 e. The zero-order chi connectivity index (χ0) is 11.4. The van der Waals surface area contributed by atoms with Crippen molar-refractivity contribution in [1.82, 2.24) is 0 Å². The van der Waals surface area contributed by atoms with Crippen LogP contribution in [0.3, 0.4) is 0 Å². The molecule has 1 aliphatic rings. The molecule has 0 aromatic heterocycles. The third-order valence-corrected chi connectivity index (χ3v) is 3.24. The fraction of sp³-hybridized carbons (Fsp3) is 0.308. The molecule has 3 heteroatoms. The molecule has 1 saturated carbocycles. The molecule has 0 atom stereocenters. The van der Waals surface area contributed by atoms with Gasteiger partial charge in [-0.1, -0.05) is 15.9 Å². The SMILES string of the molecule is O=C1CCCCC1=CNc1ccc(Br)cc1. The van der Waals surface area contributed by atoms with Crippen molar-refractivity contribution in [2.24, 2.45) is 0 Å². The van der Waals surface area contributed by atoms with Crippen molar-refractivity contribution in [2.45, 2.75) is 25.7 Å². The van der Waals surface area contributed by atoms with Gasteiger partial charge >= 0.3 is 0 Å². The van der Waals surface area contributed by atoms with Gasteiger partial charge in [-0.05, 0) is 43.5 Å². The Hall–Kier alpha value is -1.09. The molecule has 1 aliphatic carbocycles. The molecule has 1 aromatic carbocycles. The Bertz CT molecular complexity index is 408. The van der Waals surface area contributed by atoms with Crippen LogP contribution < -0.4 is 5.32 Å². The molecule has 0 saturated heterocycles. The average Bonchev–Trinajstić information content (AvgIpc) is 2.30. The maximum absolute atomic E-state index is 11.6. The standard InChI is InChI=1S/C13H14BrNO/c14-11-5-7-12(8-6-11)15-9-10-3-1-2-4-13(10)16/h5-9,15H,1-4H2. The predicted octanol–water partition coefficient (Wildman–Crippen LogP) is 3.89. The summed E-state index contributed by atoms with van der Waals surface area (Å²) in [5, 5.41) is 3.17. The summed E-state index contributed by atoms with van der Waals surface area (Å²) in [6.45, 7) is 0. The minimum absolute atomic E-state index is 0.288. The Balaban J connectivity index is 2.02. The zero-order valence-corrected chi connectivity index (χ0v) is 10.6. The number of Topliss-reactive ketones (excluding diaryl/α,β-unsaturated/α-hetero) is 1. The molecule has 0 amide bonds. The van der Waals surface area contributed by atoms with Crippen LogP contribution in [0, 0.1) is 0 Å². The minimum atomic E-state index is 0.288. The maximum atomic E-state index is 11.6. The van der Waals surface area contributed by atoms with Crippen LogP contribution in [-0.4, -0.2) is 5.78 Å². The van der Waals surface area contributed by atoms with E-state index < -0.39 is 0 Å². The van der Waals surface area contributed by atoms with E-state index in [2.05, 4.69) is 21.2 Å². The lowest BCUT2D eigenvalue weighted by Crippen LogP contribution is -2.09. The van der Waals surface area contributed by atoms with Gasteiger partial charge in [0.15, 0.2) is 5.78 Å². The van der Waals surface area contributed by atoms with Crippen LogP contribution in [0.4, 0.5) is 5.69 Å². The molecule has 84 valence electrons. The fourth-order valence-corrected chi connectivity index (χ4v) is 2.03. The van der Waals surface area contributed by atoms with Crippen LogP contribution in [0.15, 0.2) is 40.5 Å². The van der Waals surface area contributed by atoms with E-state index in [0.29, 0.717) is 6.42 Å². The van der Waals surface area contributed by atoms with Crippen LogP contribution in [0.5, 0.6) is 0 Å². The molecular formula is C13H14BrNO. The lowest BCUT2D eigenvalue weighted by molar-refractivity contribution is -0.116. The van der Waals surface area contributed by atoms with Crippen molar-refractivity contribution in [1.29, 1.82) is 0 Å². The molecule has 0 heterocycles. The summed E-state index contributed by atoms with van der Waals surface area (Å²) in [4.78, 5) is 11.6. The number of benzene rings is 1. The second kappa shape index (κ2) is 5.30. The van der Waals surface area contributed by atoms with E-state index in [4.69, 9.17) is 0 Å². The van der Waals surface area contributed by atoms with Gasteiger partial charge < -0.3 is 5.32 Å². The Morgan fingerprint density at radius 2 is 1.81 bits per heavy atom. The van der Waals surface area contributed by atoms with Gasteiger partial charge in [0, 0.05) is 28.4 Å². The van der Waals surface area contributed by atoms with Crippen LogP contribution in [0.1, 0.15) is 25.7 Å². The Morgan fingerprint density at radius 1 is 1.12 bits per heavy atom. The number of hydrogen-bond donors (Lipinski definition) is 1. The summed E-state index contributed by atoms with van der Waals surface area (Å²) >= 11 is 3.39. The van der Waals surface area contributed by atoms with E-state index in [1.54, 1.807) is 0 Å². The average molecular weight is 280 g/mol. The van der Waals surface area contributed by atoms with E-state index in [-0.39, 0.29) is 5.78 Å². The summed E-state index contributed by atoms with van der Waals surface area (Å²) in [5.41, 5.74) is 1.93. The first-order chi connectivity index (χ1) is 7.75. The maximum Gasteiger partial charge on any atom is 0.160 e. The number of allylic oxidation sites excluding steroid dienone is 1. The van der Waals surface area contributed by atoms with Gasteiger partial charge in [0.1, 0.15) is 0 Å². The fourth-order valence-electron chi connectivity index (χ4n) is 1.77. The summed E-state index contributed by atoms with van der Waals surface area (Å²) in [5.74, 6) is 0.288. The third kappa shape index (κ3) is 2.95. The first-order valence-electron chi connectivity index (χ1n) is 5.50. The molecule has 2 rings (SSSR count). The monoisotopic (exact) mass is 279 g/mol. The highest BCUT2D eigenvalue weighted by atomic mass is 79.9. The van der Waals surface area contributed by atoms with E-state index in [0.717, 1.165) is 35.0 Å². The molecule has 2 nitrogen and oxygen atoms in total. The lowest BCUT2D eigenvalue weighted by atomic mass is 9.94. The normalized spacial score (nSPS) is 18.8. The van der Waals surface area contributed by atoms with Gasteiger partial charge in [0.2, 0.25) is 0 Å². The molecule has 1 N–H and O–H groups in total. The van der Waals surface area contributed by atoms with Crippen LogP contribution >= 0.6 is 15.9 Å². The van der Waals surface area contributed by atoms with Gasteiger partial charge in [-0.3, -0.25) is 4.79 Å². The Morgan fingerprint density at radius 3 is 2.50 bits per heavy atom. The second-order valence-electron chi connectivity index (χ2n) is 3.95. The van der Waals surface area contributed by atoms with Crippen molar-refractivity contribution in [3.8, 4) is 0 Å². The summed E-state index contributed by atoms with van der Waals surface area (Å²) in [7, 11) is 0. The number of rotatable bonds is 2. The molecule has 0 spiro atoms. The van der Waals surface area contributed by atoms with E-state index in [9.17, 15) is 4.79 Å². The van der Waals surface area contributed by atoms with E-state index >= 15 is 0 Å². The second-order valence-corrected chi connectivity index (χ2v) is 4.87. The number of anilines is 1. The van der Waals surface area contributed by atoms with Crippen LogP contribution in [-0.2, 0) is 4.79 Å². The highest BCUT2D eigenvalue weighted by Gasteiger charge is 2.14. The Labute approximate surface area is 104 Å².